The highest BCUT2D eigenvalue weighted by molar-refractivity contribution is 9.09. The number of alkyl halides is 1. The second kappa shape index (κ2) is 22.9. The quantitative estimate of drug-likeness (QED) is 0.208. The first-order chi connectivity index (χ1) is 11.7. The number of likely N-dealkylation sites (N-methyl/N-ethyl adjacent to an activating group) is 1. The number of hydrogen-bond acceptors (Lipinski definition) is 5. The molecule has 26 heavy (non-hydrogen) atoms. The van der Waals surface area contributed by atoms with Crippen LogP contribution >= 0.6 is 32.9 Å². The summed E-state index contributed by atoms with van der Waals surface area (Å²) in [5, 5.41) is 0.722. The second-order valence-electron chi connectivity index (χ2n) is 5.88. The highest BCUT2D eigenvalue weighted by Gasteiger charge is 2.20. The first-order valence-corrected chi connectivity index (χ1v) is 8.80. The first-order valence-electron chi connectivity index (χ1n) is 7.68. The van der Waals surface area contributed by atoms with Crippen molar-refractivity contribution < 1.29 is 23.4 Å². The van der Waals surface area contributed by atoms with Crippen LogP contribution in [0.15, 0.2) is 0 Å². The zero-order valence-corrected chi connectivity index (χ0v) is 20.8. The zero-order chi connectivity index (χ0) is 20.3. The number of terminal acetylenes is 2. The van der Waals surface area contributed by atoms with Crippen LogP contribution in [0.25, 0.3) is 0 Å². The van der Waals surface area contributed by atoms with Gasteiger partial charge in [0, 0.05) is 28.4 Å². The van der Waals surface area contributed by atoms with E-state index in [0.29, 0.717) is 11.0 Å². The van der Waals surface area contributed by atoms with Crippen LogP contribution in [0.4, 0.5) is 0 Å². The van der Waals surface area contributed by atoms with Gasteiger partial charge in [-0.15, -0.1) is 29.8 Å². The van der Waals surface area contributed by atoms with Gasteiger partial charge in [-0.25, -0.2) is 0 Å². The van der Waals surface area contributed by atoms with Crippen molar-refractivity contribution in [2.24, 2.45) is 0 Å². The van der Waals surface area contributed by atoms with Crippen molar-refractivity contribution in [3.05, 3.63) is 0 Å². The van der Waals surface area contributed by atoms with E-state index in [9.17, 15) is 0 Å². The Morgan fingerprint density at radius 3 is 1.50 bits per heavy atom. The predicted octanol–water partition coefficient (Wildman–Crippen LogP) is 2.07. The summed E-state index contributed by atoms with van der Waals surface area (Å²) in [5.41, 5.74) is 0. The fourth-order valence-electron chi connectivity index (χ4n) is 1.37. The van der Waals surface area contributed by atoms with Gasteiger partial charge >= 0.3 is 0 Å². The van der Waals surface area contributed by atoms with Crippen LogP contribution in [-0.4, -0.2) is 104 Å². The third-order valence-electron chi connectivity index (χ3n) is 2.75. The summed E-state index contributed by atoms with van der Waals surface area (Å²) in [7, 11) is 14.5. The molecule has 0 aromatic heterocycles. The van der Waals surface area contributed by atoms with Gasteiger partial charge in [-0.1, -0.05) is 21.9 Å². The minimum absolute atomic E-state index is 0. The monoisotopic (exact) mass is 503 g/mol. The molecule has 0 amide bonds. The minimum atomic E-state index is -0.173. The van der Waals surface area contributed by atoms with Crippen molar-refractivity contribution >= 4 is 32.9 Å². The van der Waals surface area contributed by atoms with Crippen LogP contribution in [-0.2, 0) is 18.9 Å². The number of nitrogens with zero attached hydrogens (tertiary/aromatic N) is 2. The third-order valence-corrected chi connectivity index (χ3v) is 3.28. The lowest BCUT2D eigenvalue weighted by atomic mass is 10.4. The molecule has 0 aliphatic carbocycles. The summed E-state index contributed by atoms with van der Waals surface area (Å²) in [6.45, 7) is 2.18. The maximum atomic E-state index is 5.23. The molecule has 0 bridgehead atoms. The lowest BCUT2D eigenvalue weighted by molar-refractivity contribution is -0.889. The van der Waals surface area contributed by atoms with Crippen molar-refractivity contribution in [1.82, 2.24) is 4.90 Å². The number of ether oxygens (including phenoxy) is 4. The summed E-state index contributed by atoms with van der Waals surface area (Å²) in [4.78, 5) is 1.94. The van der Waals surface area contributed by atoms with Crippen molar-refractivity contribution in [3.8, 4) is 24.7 Å². The third kappa shape index (κ3) is 26.1. The SMILES string of the molecule is Br.C#CCN(C)C.C#CC[N+](C)(C)CC(OC)OC.COC(CBr)OC. The molecule has 0 N–H and O–H groups in total. The largest absolute Gasteiger partial charge is 0.355 e. The van der Waals surface area contributed by atoms with Crippen LogP contribution in [0.5, 0.6) is 0 Å². The maximum absolute atomic E-state index is 5.23. The molecule has 8 heteroatoms. The lowest BCUT2D eigenvalue weighted by Gasteiger charge is -2.30. The zero-order valence-electron chi connectivity index (χ0n) is 17.5. The van der Waals surface area contributed by atoms with Crippen LogP contribution < -0.4 is 0 Å². The van der Waals surface area contributed by atoms with Gasteiger partial charge < -0.3 is 23.4 Å². The van der Waals surface area contributed by atoms with E-state index in [2.05, 4.69) is 27.8 Å². The average Bonchev–Trinajstić information content (AvgIpc) is 2.55. The molecule has 6 nitrogen and oxygen atoms in total. The van der Waals surface area contributed by atoms with Crippen molar-refractivity contribution in [3.63, 3.8) is 0 Å². The first kappa shape index (κ1) is 33.4. The molecule has 0 aliphatic rings. The molecule has 0 saturated carbocycles. The minimum Gasteiger partial charge on any atom is -0.355 e. The van der Waals surface area contributed by atoms with Crippen LogP contribution in [0.2, 0.25) is 0 Å². The summed E-state index contributed by atoms with van der Waals surface area (Å²) in [5.74, 6) is 5.12. The predicted molar refractivity (Wildman–Crippen MR) is 118 cm³/mol. The van der Waals surface area contributed by atoms with E-state index in [1.807, 2.05) is 33.1 Å². The van der Waals surface area contributed by atoms with Gasteiger partial charge in [0.1, 0.15) is 13.1 Å². The van der Waals surface area contributed by atoms with E-state index in [4.69, 9.17) is 31.8 Å². The van der Waals surface area contributed by atoms with Crippen molar-refractivity contribution in [1.29, 1.82) is 0 Å². The number of hydrogen-bond donors (Lipinski definition) is 0. The summed E-state index contributed by atoms with van der Waals surface area (Å²) < 4.78 is 20.4. The van der Waals surface area contributed by atoms with E-state index in [0.717, 1.165) is 18.4 Å². The van der Waals surface area contributed by atoms with Gasteiger partial charge in [-0.05, 0) is 20.0 Å². The molecular weight excluding hydrogens is 468 g/mol. The van der Waals surface area contributed by atoms with E-state index in [-0.39, 0.29) is 29.6 Å². The van der Waals surface area contributed by atoms with Gasteiger partial charge in [-0.3, -0.25) is 4.90 Å². The van der Waals surface area contributed by atoms with Crippen molar-refractivity contribution in [2.75, 3.05) is 81.6 Å². The van der Waals surface area contributed by atoms with Gasteiger partial charge in [0.25, 0.3) is 0 Å². The van der Waals surface area contributed by atoms with Crippen LogP contribution in [0.3, 0.4) is 0 Å². The molecule has 0 aromatic rings. The number of methoxy groups -OCH3 is 4. The molecule has 0 unspecified atom stereocenters. The second-order valence-corrected chi connectivity index (χ2v) is 6.53. The van der Waals surface area contributed by atoms with E-state index < -0.39 is 0 Å². The van der Waals surface area contributed by atoms with E-state index in [1.165, 1.54) is 0 Å². The maximum Gasteiger partial charge on any atom is 0.207 e. The molecule has 0 aromatic carbocycles. The lowest BCUT2D eigenvalue weighted by Crippen LogP contribution is -2.46. The fourth-order valence-corrected chi connectivity index (χ4v) is 1.89. The van der Waals surface area contributed by atoms with Gasteiger partial charge in [-0.2, -0.15) is 0 Å². The number of quaternary nitrogens is 1. The summed E-state index contributed by atoms with van der Waals surface area (Å²) >= 11 is 3.19. The molecule has 156 valence electrons. The standard InChI is InChI=1S/C9H18NO2.C5H9N.C4H9BrO2.BrH/c1-6-7-10(2,3)8-9(11-4)12-5;1-4-5-6(2)3;1-6-4(3-5)7-2;/h1,9H,7-8H2,2-5H3;1H,5H2,2-3H3;4H,3H2,1-2H3;1H/q+1;;;. The Morgan fingerprint density at radius 1 is 0.923 bits per heavy atom. The van der Waals surface area contributed by atoms with Gasteiger partial charge in [0.05, 0.1) is 26.0 Å². The highest BCUT2D eigenvalue weighted by Crippen LogP contribution is 2.01. The van der Waals surface area contributed by atoms with Gasteiger partial charge in [0.15, 0.2) is 6.29 Å². The molecule has 0 aliphatic heterocycles. The molecular formula is C18H37Br2N2O4+. The molecule has 0 radical (unpaired) electrons. The smallest absolute Gasteiger partial charge is 0.207 e. The highest BCUT2D eigenvalue weighted by atomic mass is 79.9. The Labute approximate surface area is 180 Å². The molecule has 0 heterocycles. The van der Waals surface area contributed by atoms with Crippen LogP contribution in [0, 0.1) is 24.7 Å². The number of halogens is 2. The van der Waals surface area contributed by atoms with E-state index >= 15 is 0 Å². The molecule has 0 fully saturated rings. The number of rotatable bonds is 9. The van der Waals surface area contributed by atoms with E-state index in [1.54, 1.807) is 28.4 Å². The Hall–Kier alpha value is -0.160. The Bertz CT molecular complexity index is 356. The Morgan fingerprint density at radius 2 is 1.35 bits per heavy atom. The normalized spacial score (nSPS) is 10.1. The molecule has 0 atom stereocenters. The van der Waals surface area contributed by atoms with Crippen LogP contribution in [0.1, 0.15) is 0 Å². The summed E-state index contributed by atoms with van der Waals surface area (Å²) in [6.07, 6.45) is 9.89. The summed E-state index contributed by atoms with van der Waals surface area (Å²) in [6, 6.07) is 0. The fraction of sp³-hybridized carbons (Fsp3) is 0.778. The van der Waals surface area contributed by atoms with Gasteiger partial charge in [0.2, 0.25) is 6.29 Å². The van der Waals surface area contributed by atoms with Crippen molar-refractivity contribution in [2.45, 2.75) is 12.6 Å². The Kier molecular flexibility index (Phi) is 29.4. The average molecular weight is 505 g/mol. The Balaban J connectivity index is -0.000000149. The molecule has 0 saturated heterocycles. The molecule has 0 rings (SSSR count). The topological polar surface area (TPSA) is 40.2 Å². The molecule has 0 spiro atoms.